The molecule has 0 radical (unpaired) electrons. The average molecular weight is 170 g/mol. The molecule has 0 aliphatic rings. The van der Waals surface area contributed by atoms with Gasteiger partial charge in [0.25, 0.3) is 0 Å². The first-order valence-electron chi connectivity index (χ1n) is 3.35. The summed E-state index contributed by atoms with van der Waals surface area (Å²) in [5.41, 5.74) is 0. The van der Waals surface area contributed by atoms with Gasteiger partial charge < -0.3 is 10.2 Å². The molecular formula is C8H10O2S. The molecule has 60 valence electrons. The number of hydrogen-bond donors (Lipinski definition) is 2. The summed E-state index contributed by atoms with van der Waals surface area (Å²) in [6, 6.07) is 6.94. The third-order valence-electron chi connectivity index (χ3n) is 1.20. The fraction of sp³-hybridized carbons (Fsp3) is 0.250. The molecule has 0 heterocycles. The Bertz CT molecular complexity index is 208. The van der Waals surface area contributed by atoms with Gasteiger partial charge in [0.15, 0.2) is 0 Å². The zero-order valence-electron chi connectivity index (χ0n) is 6.03. The molecule has 0 saturated heterocycles. The van der Waals surface area contributed by atoms with Gasteiger partial charge in [-0.25, -0.2) is 0 Å². The maximum atomic E-state index is 8.92. The summed E-state index contributed by atoms with van der Waals surface area (Å²) in [6.45, 7) is 0.186. The third kappa shape index (κ3) is 2.82. The molecule has 0 aliphatic carbocycles. The molecular weight excluding hydrogens is 160 g/mol. The van der Waals surface area contributed by atoms with Gasteiger partial charge >= 0.3 is 0 Å². The molecule has 1 aromatic rings. The van der Waals surface area contributed by atoms with E-state index < -0.39 is 0 Å². The number of aromatic hydroxyl groups is 1. The molecule has 1 aromatic carbocycles. The molecule has 11 heavy (non-hydrogen) atoms. The highest BCUT2D eigenvalue weighted by Crippen LogP contribution is 2.19. The lowest BCUT2D eigenvalue weighted by Crippen LogP contribution is -1.84. The van der Waals surface area contributed by atoms with Crippen molar-refractivity contribution in [1.82, 2.24) is 0 Å². The minimum absolute atomic E-state index is 0.186. The van der Waals surface area contributed by atoms with E-state index in [0.29, 0.717) is 5.75 Å². The van der Waals surface area contributed by atoms with Crippen molar-refractivity contribution in [3.63, 3.8) is 0 Å². The van der Waals surface area contributed by atoms with Crippen molar-refractivity contribution in [3.05, 3.63) is 24.3 Å². The summed E-state index contributed by atoms with van der Waals surface area (Å²) < 4.78 is 0. The molecule has 0 aromatic heterocycles. The number of phenols is 1. The van der Waals surface area contributed by atoms with Gasteiger partial charge in [0.1, 0.15) is 5.75 Å². The summed E-state index contributed by atoms with van der Waals surface area (Å²) in [7, 11) is 0. The maximum Gasteiger partial charge on any atom is 0.115 e. The number of aliphatic hydroxyl groups is 1. The lowest BCUT2D eigenvalue weighted by Gasteiger charge is -1.97. The maximum absolute atomic E-state index is 8.92. The van der Waals surface area contributed by atoms with Crippen molar-refractivity contribution in [1.29, 1.82) is 0 Å². The number of benzene rings is 1. The first-order chi connectivity index (χ1) is 5.33. The number of thioether (sulfide) groups is 1. The van der Waals surface area contributed by atoms with Crippen LogP contribution in [0.25, 0.3) is 0 Å². The van der Waals surface area contributed by atoms with Gasteiger partial charge in [0.2, 0.25) is 0 Å². The van der Waals surface area contributed by atoms with Gasteiger partial charge in [0.05, 0.1) is 6.61 Å². The van der Waals surface area contributed by atoms with Crippen molar-refractivity contribution in [3.8, 4) is 5.75 Å². The predicted molar refractivity (Wildman–Crippen MR) is 45.9 cm³/mol. The van der Waals surface area contributed by atoms with Crippen molar-refractivity contribution in [2.45, 2.75) is 4.90 Å². The standard InChI is InChI=1S/C8H10O2S/c9-5-6-11-8-3-1-7(10)2-4-8/h1-4,9-10H,5-6H2. The summed E-state index contributed by atoms with van der Waals surface area (Å²) in [4.78, 5) is 1.07. The Balaban J connectivity index is 2.52. The monoisotopic (exact) mass is 170 g/mol. The minimum Gasteiger partial charge on any atom is -0.508 e. The smallest absolute Gasteiger partial charge is 0.115 e. The molecule has 0 bridgehead atoms. The van der Waals surface area contributed by atoms with Crippen LogP contribution in [-0.2, 0) is 0 Å². The van der Waals surface area contributed by atoms with Crippen LogP contribution < -0.4 is 0 Å². The minimum atomic E-state index is 0.186. The van der Waals surface area contributed by atoms with E-state index in [1.807, 2.05) is 12.1 Å². The van der Waals surface area contributed by atoms with E-state index in [2.05, 4.69) is 0 Å². The molecule has 0 amide bonds. The van der Waals surface area contributed by atoms with Crippen LogP contribution in [-0.4, -0.2) is 22.6 Å². The quantitative estimate of drug-likeness (QED) is 0.675. The molecule has 2 N–H and O–H groups in total. The highest BCUT2D eigenvalue weighted by Gasteiger charge is 1.91. The van der Waals surface area contributed by atoms with E-state index in [1.54, 1.807) is 23.9 Å². The lowest BCUT2D eigenvalue weighted by molar-refractivity contribution is 0.322. The summed E-state index contributed by atoms with van der Waals surface area (Å²) in [6.07, 6.45) is 0. The lowest BCUT2D eigenvalue weighted by atomic mass is 10.3. The third-order valence-corrected chi connectivity index (χ3v) is 2.19. The second kappa shape index (κ2) is 4.26. The molecule has 0 saturated carbocycles. The molecule has 0 unspecified atom stereocenters. The first kappa shape index (κ1) is 8.43. The van der Waals surface area contributed by atoms with Crippen molar-refractivity contribution in [2.24, 2.45) is 0 Å². The summed E-state index contributed by atoms with van der Waals surface area (Å²) in [5.74, 6) is 0.975. The molecule has 0 atom stereocenters. The van der Waals surface area contributed by atoms with E-state index in [4.69, 9.17) is 10.2 Å². The summed E-state index contributed by atoms with van der Waals surface area (Å²) >= 11 is 1.57. The largest absolute Gasteiger partial charge is 0.508 e. The zero-order chi connectivity index (χ0) is 8.10. The molecule has 0 spiro atoms. The zero-order valence-corrected chi connectivity index (χ0v) is 6.84. The van der Waals surface area contributed by atoms with E-state index >= 15 is 0 Å². The van der Waals surface area contributed by atoms with Crippen LogP contribution in [0, 0.1) is 0 Å². The van der Waals surface area contributed by atoms with Crippen molar-refractivity contribution >= 4 is 11.8 Å². The number of rotatable bonds is 3. The first-order valence-corrected chi connectivity index (χ1v) is 4.34. The highest BCUT2D eigenvalue weighted by atomic mass is 32.2. The summed E-state index contributed by atoms with van der Waals surface area (Å²) in [5, 5.41) is 17.4. The Kier molecular flexibility index (Phi) is 3.26. The van der Waals surface area contributed by atoms with E-state index in [1.165, 1.54) is 0 Å². The van der Waals surface area contributed by atoms with Crippen LogP contribution in [0.1, 0.15) is 0 Å². The van der Waals surface area contributed by atoms with Crippen LogP contribution in [0.5, 0.6) is 5.75 Å². The normalized spacial score (nSPS) is 9.91. The van der Waals surface area contributed by atoms with Gasteiger partial charge in [-0.1, -0.05) is 0 Å². The Morgan fingerprint density at radius 1 is 1.18 bits per heavy atom. The van der Waals surface area contributed by atoms with Gasteiger partial charge in [-0.05, 0) is 24.3 Å². The Morgan fingerprint density at radius 3 is 2.36 bits per heavy atom. The number of aliphatic hydroxyl groups excluding tert-OH is 1. The molecule has 2 nitrogen and oxygen atoms in total. The molecule has 1 rings (SSSR count). The van der Waals surface area contributed by atoms with Crippen molar-refractivity contribution in [2.75, 3.05) is 12.4 Å². The van der Waals surface area contributed by atoms with Crippen molar-refractivity contribution < 1.29 is 10.2 Å². The number of phenolic OH excluding ortho intramolecular Hbond substituents is 1. The SMILES string of the molecule is OCCSc1ccc(O)cc1. The van der Waals surface area contributed by atoms with Crippen LogP contribution >= 0.6 is 11.8 Å². The fourth-order valence-electron chi connectivity index (χ4n) is 0.706. The van der Waals surface area contributed by atoms with Crippen LogP contribution in [0.15, 0.2) is 29.2 Å². The van der Waals surface area contributed by atoms with Crippen LogP contribution in [0.4, 0.5) is 0 Å². The Labute approximate surface area is 69.9 Å². The average Bonchev–Trinajstić information content (AvgIpc) is 2.04. The van der Waals surface area contributed by atoms with Crippen LogP contribution in [0.2, 0.25) is 0 Å². The second-order valence-electron chi connectivity index (χ2n) is 2.07. The Hall–Kier alpha value is -0.670. The van der Waals surface area contributed by atoms with Gasteiger partial charge in [-0.2, -0.15) is 0 Å². The Morgan fingerprint density at radius 2 is 1.82 bits per heavy atom. The topological polar surface area (TPSA) is 40.5 Å². The van der Waals surface area contributed by atoms with Gasteiger partial charge in [0, 0.05) is 10.6 Å². The van der Waals surface area contributed by atoms with Gasteiger partial charge in [-0.15, -0.1) is 11.8 Å². The van der Waals surface area contributed by atoms with Gasteiger partial charge in [-0.3, -0.25) is 0 Å². The molecule has 0 fully saturated rings. The van der Waals surface area contributed by atoms with E-state index in [9.17, 15) is 0 Å². The fourth-order valence-corrected chi connectivity index (χ4v) is 1.36. The van der Waals surface area contributed by atoms with E-state index in [0.717, 1.165) is 4.90 Å². The predicted octanol–water partition coefficient (Wildman–Crippen LogP) is 1.48. The second-order valence-corrected chi connectivity index (χ2v) is 3.23. The molecule has 3 heteroatoms. The highest BCUT2D eigenvalue weighted by molar-refractivity contribution is 7.99. The van der Waals surface area contributed by atoms with E-state index in [-0.39, 0.29) is 12.4 Å². The number of hydrogen-bond acceptors (Lipinski definition) is 3. The van der Waals surface area contributed by atoms with Crippen LogP contribution in [0.3, 0.4) is 0 Å². The molecule has 0 aliphatic heterocycles.